The number of ether oxygens (including phenoxy) is 1. The number of nitrogens with zero attached hydrogens (tertiary/aromatic N) is 3. The molecule has 0 spiro atoms. The summed E-state index contributed by atoms with van der Waals surface area (Å²) in [5.74, 6) is 0. The van der Waals surface area contributed by atoms with Crippen LogP contribution in [0.15, 0.2) is 5.38 Å². The number of hydrogen-bond donors (Lipinski definition) is 0. The molecule has 1 aromatic rings. The Morgan fingerprint density at radius 3 is 3.00 bits per heavy atom. The first-order valence-corrected chi connectivity index (χ1v) is 7.05. The normalized spacial score (nSPS) is 21.8. The predicted octanol–water partition coefficient (Wildman–Crippen LogP) is 2.16. The van der Waals surface area contributed by atoms with Crippen LogP contribution < -0.4 is 0 Å². The van der Waals surface area contributed by atoms with E-state index in [1.165, 1.54) is 0 Å². The maximum Gasteiger partial charge on any atom is 0.156 e. The van der Waals surface area contributed by atoms with E-state index in [2.05, 4.69) is 42.1 Å². The minimum atomic E-state index is -0.291. The van der Waals surface area contributed by atoms with Crippen LogP contribution in [0.25, 0.3) is 0 Å². The summed E-state index contributed by atoms with van der Waals surface area (Å²) in [7, 11) is 0. The number of hydrogen-bond acceptors (Lipinski definition) is 5. The topological polar surface area (TPSA) is 49.1 Å². The smallest absolute Gasteiger partial charge is 0.156 e. The highest BCUT2D eigenvalue weighted by molar-refractivity contribution is 7.09. The van der Waals surface area contributed by atoms with Gasteiger partial charge < -0.3 is 4.74 Å². The third kappa shape index (κ3) is 3.29. The van der Waals surface area contributed by atoms with Gasteiger partial charge in [0.25, 0.3) is 0 Å². The van der Waals surface area contributed by atoms with E-state index in [1.54, 1.807) is 11.3 Å². The van der Waals surface area contributed by atoms with E-state index in [-0.39, 0.29) is 11.5 Å². The van der Waals surface area contributed by atoms with Crippen LogP contribution in [0.1, 0.15) is 31.5 Å². The molecular formula is C13H19N3OS. The Kier molecular flexibility index (Phi) is 4.00. The van der Waals surface area contributed by atoms with Crippen molar-refractivity contribution in [1.82, 2.24) is 9.88 Å². The van der Waals surface area contributed by atoms with E-state index in [0.717, 1.165) is 23.8 Å². The molecule has 0 bridgehead atoms. The maximum atomic E-state index is 8.87. The lowest BCUT2D eigenvalue weighted by molar-refractivity contribution is -0.00273. The van der Waals surface area contributed by atoms with Gasteiger partial charge in [-0.15, -0.1) is 11.3 Å². The largest absolute Gasteiger partial charge is 0.361 e. The van der Waals surface area contributed by atoms with E-state index < -0.39 is 0 Å². The van der Waals surface area contributed by atoms with Gasteiger partial charge in [-0.1, -0.05) is 20.8 Å². The SMILES string of the molecule is CC(C)(C)c1csc(CN2CCOC(C#N)C2)n1. The Morgan fingerprint density at radius 1 is 1.61 bits per heavy atom. The molecule has 0 radical (unpaired) electrons. The van der Waals surface area contributed by atoms with E-state index in [9.17, 15) is 0 Å². The van der Waals surface area contributed by atoms with Crippen molar-refractivity contribution in [2.45, 2.75) is 38.8 Å². The van der Waals surface area contributed by atoms with Gasteiger partial charge in [0.15, 0.2) is 6.10 Å². The zero-order valence-electron chi connectivity index (χ0n) is 11.1. The number of thiazole rings is 1. The molecule has 1 aliphatic heterocycles. The van der Waals surface area contributed by atoms with E-state index in [0.29, 0.717) is 13.2 Å². The van der Waals surface area contributed by atoms with Crippen LogP contribution in [0.2, 0.25) is 0 Å². The highest BCUT2D eigenvalue weighted by Gasteiger charge is 2.22. The van der Waals surface area contributed by atoms with Gasteiger partial charge >= 0.3 is 0 Å². The zero-order chi connectivity index (χ0) is 13.2. The van der Waals surface area contributed by atoms with Crippen LogP contribution >= 0.6 is 11.3 Å². The number of morpholine rings is 1. The second-order valence-corrected chi connectivity index (χ2v) is 6.54. The molecule has 0 saturated carbocycles. The molecule has 1 aliphatic rings. The maximum absolute atomic E-state index is 8.87. The number of aromatic nitrogens is 1. The molecule has 2 rings (SSSR count). The molecule has 2 heterocycles. The second-order valence-electron chi connectivity index (χ2n) is 5.60. The Labute approximate surface area is 112 Å². The Hall–Kier alpha value is -0.960. The summed E-state index contributed by atoms with van der Waals surface area (Å²) >= 11 is 1.70. The highest BCUT2D eigenvalue weighted by Crippen LogP contribution is 2.24. The molecule has 5 heteroatoms. The summed E-state index contributed by atoms with van der Waals surface area (Å²) in [5, 5.41) is 12.1. The Morgan fingerprint density at radius 2 is 2.39 bits per heavy atom. The molecule has 4 nitrogen and oxygen atoms in total. The average Bonchev–Trinajstić information content (AvgIpc) is 2.77. The molecule has 1 unspecified atom stereocenters. The van der Waals surface area contributed by atoms with Gasteiger partial charge in [-0.05, 0) is 0 Å². The lowest BCUT2D eigenvalue weighted by Gasteiger charge is -2.28. The van der Waals surface area contributed by atoms with Crippen LogP contribution in [0, 0.1) is 11.3 Å². The lowest BCUT2D eigenvalue weighted by Crippen LogP contribution is -2.41. The monoisotopic (exact) mass is 265 g/mol. The summed E-state index contributed by atoms with van der Waals surface area (Å²) in [6.45, 7) is 9.53. The minimum absolute atomic E-state index is 0.106. The molecule has 0 N–H and O–H groups in total. The van der Waals surface area contributed by atoms with Crippen molar-refractivity contribution >= 4 is 11.3 Å². The standard InChI is InChI=1S/C13H19N3OS/c1-13(2,3)11-9-18-12(15-11)8-16-4-5-17-10(6-14)7-16/h9-10H,4-5,7-8H2,1-3H3. The molecule has 0 aliphatic carbocycles. The highest BCUT2D eigenvalue weighted by atomic mass is 32.1. The first-order valence-electron chi connectivity index (χ1n) is 6.17. The second kappa shape index (κ2) is 5.35. The minimum Gasteiger partial charge on any atom is -0.361 e. The third-order valence-corrected chi connectivity index (χ3v) is 3.81. The molecular weight excluding hydrogens is 246 g/mol. The van der Waals surface area contributed by atoms with E-state index >= 15 is 0 Å². The van der Waals surface area contributed by atoms with Crippen molar-refractivity contribution in [3.05, 3.63) is 16.1 Å². The van der Waals surface area contributed by atoms with Gasteiger partial charge in [0, 0.05) is 23.9 Å². The van der Waals surface area contributed by atoms with Gasteiger partial charge in [0.05, 0.1) is 24.9 Å². The van der Waals surface area contributed by atoms with Crippen LogP contribution in [0.3, 0.4) is 0 Å². The van der Waals surface area contributed by atoms with Gasteiger partial charge in [-0.25, -0.2) is 4.98 Å². The Balaban J connectivity index is 1.97. The molecule has 0 amide bonds. The molecule has 1 atom stereocenters. The molecule has 1 fully saturated rings. The lowest BCUT2D eigenvalue weighted by atomic mass is 9.93. The summed E-state index contributed by atoms with van der Waals surface area (Å²) in [6.07, 6.45) is -0.291. The van der Waals surface area contributed by atoms with Crippen LogP contribution in [0.4, 0.5) is 0 Å². The van der Waals surface area contributed by atoms with Gasteiger partial charge in [0.1, 0.15) is 5.01 Å². The quantitative estimate of drug-likeness (QED) is 0.822. The molecule has 0 aromatic carbocycles. The van der Waals surface area contributed by atoms with Crippen LogP contribution in [-0.2, 0) is 16.7 Å². The molecule has 98 valence electrons. The predicted molar refractivity (Wildman–Crippen MR) is 71.4 cm³/mol. The summed E-state index contributed by atoms with van der Waals surface area (Å²) in [4.78, 5) is 6.92. The average molecular weight is 265 g/mol. The van der Waals surface area contributed by atoms with Gasteiger partial charge in [-0.2, -0.15) is 5.26 Å². The van der Waals surface area contributed by atoms with Gasteiger partial charge in [-0.3, -0.25) is 4.90 Å². The fraction of sp³-hybridized carbons (Fsp3) is 0.692. The first-order chi connectivity index (χ1) is 8.49. The van der Waals surface area contributed by atoms with Crippen molar-refractivity contribution in [3.63, 3.8) is 0 Å². The van der Waals surface area contributed by atoms with Gasteiger partial charge in [0.2, 0.25) is 0 Å². The third-order valence-electron chi connectivity index (χ3n) is 2.97. The number of nitriles is 1. The zero-order valence-corrected chi connectivity index (χ0v) is 12.0. The molecule has 18 heavy (non-hydrogen) atoms. The van der Waals surface area contributed by atoms with E-state index in [4.69, 9.17) is 10.00 Å². The fourth-order valence-electron chi connectivity index (χ4n) is 1.84. The van der Waals surface area contributed by atoms with Crippen molar-refractivity contribution in [3.8, 4) is 6.07 Å². The number of rotatable bonds is 2. The summed E-state index contributed by atoms with van der Waals surface area (Å²) < 4.78 is 5.33. The fourth-order valence-corrected chi connectivity index (χ4v) is 2.91. The summed E-state index contributed by atoms with van der Waals surface area (Å²) in [5.41, 5.74) is 1.25. The molecule has 1 saturated heterocycles. The van der Waals surface area contributed by atoms with Crippen molar-refractivity contribution in [2.75, 3.05) is 19.7 Å². The van der Waals surface area contributed by atoms with Crippen LogP contribution in [-0.4, -0.2) is 35.7 Å². The first kappa shape index (κ1) is 13.5. The Bertz CT molecular complexity index is 444. The summed E-state index contributed by atoms with van der Waals surface area (Å²) in [6, 6.07) is 2.17. The molecule has 1 aromatic heterocycles. The van der Waals surface area contributed by atoms with Crippen LogP contribution in [0.5, 0.6) is 0 Å². The van der Waals surface area contributed by atoms with Crippen molar-refractivity contribution in [1.29, 1.82) is 5.26 Å². The van der Waals surface area contributed by atoms with E-state index in [1.807, 2.05) is 0 Å². The van der Waals surface area contributed by atoms with Crippen molar-refractivity contribution in [2.24, 2.45) is 0 Å². The van der Waals surface area contributed by atoms with Crippen molar-refractivity contribution < 1.29 is 4.74 Å².